The van der Waals surface area contributed by atoms with Crippen LogP contribution in [-0.2, 0) is 9.47 Å². The average Bonchev–Trinajstić information content (AvgIpc) is 2.55. The summed E-state index contributed by atoms with van der Waals surface area (Å²) < 4.78 is 10.4. The van der Waals surface area contributed by atoms with Gasteiger partial charge in [-0.3, -0.25) is 4.90 Å². The summed E-state index contributed by atoms with van der Waals surface area (Å²) in [7, 11) is 1.79. The molecule has 3 nitrogen and oxygen atoms in total. The van der Waals surface area contributed by atoms with Crippen molar-refractivity contribution in [3.8, 4) is 0 Å². The van der Waals surface area contributed by atoms with E-state index in [2.05, 4.69) is 4.90 Å². The first-order valence-corrected chi connectivity index (χ1v) is 5.74. The minimum Gasteiger partial charge on any atom is -0.383 e. The quantitative estimate of drug-likeness (QED) is 0.691. The van der Waals surface area contributed by atoms with Crippen molar-refractivity contribution in [3.05, 3.63) is 0 Å². The van der Waals surface area contributed by atoms with Gasteiger partial charge in [-0.15, -0.1) is 0 Å². The van der Waals surface area contributed by atoms with E-state index < -0.39 is 0 Å². The van der Waals surface area contributed by atoms with Crippen LogP contribution < -0.4 is 0 Å². The molecule has 0 spiro atoms. The normalized spacial score (nSPS) is 28.1. The van der Waals surface area contributed by atoms with E-state index >= 15 is 0 Å². The van der Waals surface area contributed by atoms with Gasteiger partial charge in [0, 0.05) is 13.2 Å². The Balaban J connectivity index is 0.000000461. The molecule has 0 radical (unpaired) electrons. The van der Waals surface area contributed by atoms with Gasteiger partial charge >= 0.3 is 0 Å². The van der Waals surface area contributed by atoms with Gasteiger partial charge in [0.05, 0.1) is 25.9 Å². The predicted octanol–water partition coefficient (Wildman–Crippen LogP) is 1.52. The molecule has 2 aliphatic rings. The van der Waals surface area contributed by atoms with Crippen molar-refractivity contribution in [1.29, 1.82) is 0 Å². The minimum absolute atomic E-state index is 0.656. The molecular formula is C11H23NO2. The lowest BCUT2D eigenvalue weighted by molar-refractivity contribution is -0.0762. The van der Waals surface area contributed by atoms with Crippen LogP contribution >= 0.6 is 0 Å². The second-order valence-corrected chi connectivity index (χ2v) is 3.68. The monoisotopic (exact) mass is 201 g/mol. The van der Waals surface area contributed by atoms with Crippen LogP contribution in [0.4, 0.5) is 0 Å². The van der Waals surface area contributed by atoms with E-state index in [1.165, 1.54) is 19.4 Å². The first-order chi connectivity index (χ1) is 6.92. The zero-order valence-corrected chi connectivity index (χ0v) is 9.66. The summed E-state index contributed by atoms with van der Waals surface area (Å²) in [5, 5.41) is 0. The van der Waals surface area contributed by atoms with Gasteiger partial charge in [0.2, 0.25) is 0 Å². The van der Waals surface area contributed by atoms with Crippen molar-refractivity contribution in [2.45, 2.75) is 38.8 Å². The van der Waals surface area contributed by atoms with Gasteiger partial charge in [-0.25, -0.2) is 0 Å². The van der Waals surface area contributed by atoms with Crippen LogP contribution in [0.15, 0.2) is 0 Å². The van der Waals surface area contributed by atoms with E-state index in [0.29, 0.717) is 12.1 Å². The van der Waals surface area contributed by atoms with Crippen LogP contribution in [0.1, 0.15) is 26.7 Å². The fourth-order valence-corrected chi connectivity index (χ4v) is 2.12. The molecule has 0 aromatic rings. The smallest absolute Gasteiger partial charge is 0.0645 e. The molecule has 0 bridgehead atoms. The van der Waals surface area contributed by atoms with E-state index in [9.17, 15) is 0 Å². The van der Waals surface area contributed by atoms with Crippen molar-refractivity contribution in [2.75, 3.05) is 33.5 Å². The summed E-state index contributed by atoms with van der Waals surface area (Å²) in [5.74, 6) is 0. The van der Waals surface area contributed by atoms with Gasteiger partial charge in [-0.2, -0.15) is 0 Å². The second-order valence-electron chi connectivity index (χ2n) is 3.68. The number of likely N-dealkylation sites (tertiary alicyclic amines) is 1. The number of ether oxygens (including phenoxy) is 2. The molecule has 84 valence electrons. The summed E-state index contributed by atoms with van der Waals surface area (Å²) in [4.78, 5) is 2.55. The van der Waals surface area contributed by atoms with E-state index in [1.54, 1.807) is 7.11 Å². The van der Waals surface area contributed by atoms with Crippen LogP contribution in [0.3, 0.4) is 0 Å². The van der Waals surface area contributed by atoms with E-state index in [1.807, 2.05) is 13.8 Å². The average molecular weight is 201 g/mol. The zero-order chi connectivity index (χ0) is 10.4. The highest BCUT2D eigenvalue weighted by atomic mass is 16.5. The number of hydrogen-bond acceptors (Lipinski definition) is 3. The predicted molar refractivity (Wildman–Crippen MR) is 57.6 cm³/mol. The Morgan fingerprint density at radius 1 is 1.36 bits per heavy atom. The minimum atomic E-state index is 0.656. The van der Waals surface area contributed by atoms with Crippen LogP contribution in [0.2, 0.25) is 0 Å². The van der Waals surface area contributed by atoms with Gasteiger partial charge in [0.15, 0.2) is 0 Å². The third-order valence-electron chi connectivity index (χ3n) is 2.87. The highest BCUT2D eigenvalue weighted by Gasteiger charge is 2.34. The van der Waals surface area contributed by atoms with Crippen LogP contribution in [-0.4, -0.2) is 50.5 Å². The number of hydrogen-bond donors (Lipinski definition) is 0. The standard InChI is InChI=1S/C9H17NO2.C2H6/c1-11-5-8-3-2-4-10(8)9-6-12-7-9;1-2/h8-9H,2-7H2,1H3;1-2H3/t8-;/m0./s1. The summed E-state index contributed by atoms with van der Waals surface area (Å²) in [6, 6.07) is 1.34. The molecule has 0 aromatic carbocycles. The van der Waals surface area contributed by atoms with Gasteiger partial charge in [0.1, 0.15) is 0 Å². The molecular weight excluding hydrogens is 178 g/mol. The molecule has 0 unspecified atom stereocenters. The fraction of sp³-hybridized carbons (Fsp3) is 1.00. The lowest BCUT2D eigenvalue weighted by Crippen LogP contribution is -2.51. The van der Waals surface area contributed by atoms with Gasteiger partial charge < -0.3 is 9.47 Å². The maximum absolute atomic E-state index is 5.19. The molecule has 0 N–H and O–H groups in total. The van der Waals surface area contributed by atoms with Crippen molar-refractivity contribution < 1.29 is 9.47 Å². The Labute approximate surface area is 87.4 Å². The van der Waals surface area contributed by atoms with Crippen LogP contribution in [0, 0.1) is 0 Å². The Kier molecular flexibility index (Phi) is 5.45. The summed E-state index contributed by atoms with van der Waals surface area (Å²) >= 11 is 0. The maximum Gasteiger partial charge on any atom is 0.0645 e. The number of nitrogens with zero attached hydrogens (tertiary/aromatic N) is 1. The Bertz CT molecular complexity index is 148. The van der Waals surface area contributed by atoms with Crippen molar-refractivity contribution in [1.82, 2.24) is 4.90 Å². The molecule has 2 rings (SSSR count). The summed E-state index contributed by atoms with van der Waals surface area (Å²) in [6.07, 6.45) is 2.62. The Morgan fingerprint density at radius 3 is 2.57 bits per heavy atom. The molecule has 14 heavy (non-hydrogen) atoms. The maximum atomic E-state index is 5.19. The largest absolute Gasteiger partial charge is 0.383 e. The highest BCUT2D eigenvalue weighted by molar-refractivity contribution is 4.87. The molecule has 2 fully saturated rings. The van der Waals surface area contributed by atoms with E-state index in [-0.39, 0.29) is 0 Å². The molecule has 0 amide bonds. The lowest BCUT2D eigenvalue weighted by Gasteiger charge is -2.38. The molecule has 1 atom stereocenters. The molecule has 2 aliphatic heterocycles. The third-order valence-corrected chi connectivity index (χ3v) is 2.87. The van der Waals surface area contributed by atoms with Crippen molar-refractivity contribution >= 4 is 0 Å². The highest BCUT2D eigenvalue weighted by Crippen LogP contribution is 2.23. The fourth-order valence-electron chi connectivity index (χ4n) is 2.12. The summed E-state index contributed by atoms with van der Waals surface area (Å²) in [6.45, 7) is 7.99. The van der Waals surface area contributed by atoms with Gasteiger partial charge in [0.25, 0.3) is 0 Å². The van der Waals surface area contributed by atoms with Crippen LogP contribution in [0.5, 0.6) is 0 Å². The van der Waals surface area contributed by atoms with Crippen molar-refractivity contribution in [3.63, 3.8) is 0 Å². The topological polar surface area (TPSA) is 21.7 Å². The third kappa shape index (κ3) is 2.69. The van der Waals surface area contributed by atoms with E-state index in [0.717, 1.165) is 19.8 Å². The summed E-state index contributed by atoms with van der Waals surface area (Å²) in [5.41, 5.74) is 0. The molecule has 2 saturated heterocycles. The molecule has 0 saturated carbocycles. The molecule has 0 aromatic heterocycles. The Morgan fingerprint density at radius 2 is 2.07 bits per heavy atom. The van der Waals surface area contributed by atoms with E-state index in [4.69, 9.17) is 9.47 Å². The molecule has 0 aliphatic carbocycles. The van der Waals surface area contributed by atoms with Crippen molar-refractivity contribution in [2.24, 2.45) is 0 Å². The Hall–Kier alpha value is -0.120. The second kappa shape index (κ2) is 6.38. The SMILES string of the molecule is CC.COC[C@@H]1CCCN1C1COC1. The zero-order valence-electron chi connectivity index (χ0n) is 9.66. The first kappa shape index (κ1) is 12.0. The van der Waals surface area contributed by atoms with Gasteiger partial charge in [-0.05, 0) is 19.4 Å². The number of methoxy groups -OCH3 is 1. The lowest BCUT2D eigenvalue weighted by atomic mass is 10.2. The number of rotatable bonds is 3. The van der Waals surface area contributed by atoms with Crippen LogP contribution in [0.25, 0.3) is 0 Å². The molecule has 3 heteroatoms. The van der Waals surface area contributed by atoms with Gasteiger partial charge in [-0.1, -0.05) is 13.8 Å². The molecule has 2 heterocycles. The first-order valence-electron chi connectivity index (χ1n) is 5.74.